The van der Waals surface area contributed by atoms with Crippen molar-refractivity contribution in [3.8, 4) is 0 Å². The second kappa shape index (κ2) is 7.45. The van der Waals surface area contributed by atoms with E-state index in [9.17, 15) is 9.18 Å². The van der Waals surface area contributed by atoms with Gasteiger partial charge < -0.3 is 5.32 Å². The average Bonchev–Trinajstić information content (AvgIpc) is 3.11. The van der Waals surface area contributed by atoms with Crippen LogP contribution in [-0.2, 0) is 11.3 Å². The molecule has 0 saturated carbocycles. The van der Waals surface area contributed by atoms with Crippen LogP contribution in [0.5, 0.6) is 0 Å². The number of likely N-dealkylation sites (tertiary alicyclic amines) is 1. The summed E-state index contributed by atoms with van der Waals surface area (Å²) in [5, 5.41) is 5.31. The van der Waals surface area contributed by atoms with E-state index < -0.39 is 6.17 Å². The van der Waals surface area contributed by atoms with Gasteiger partial charge in [-0.3, -0.25) is 9.69 Å². The molecule has 5 rings (SSSR count). The summed E-state index contributed by atoms with van der Waals surface area (Å²) in [5.74, 6) is -0.0993. The van der Waals surface area contributed by atoms with E-state index in [1.807, 2.05) is 54.6 Å². The first-order valence-electron chi connectivity index (χ1n) is 10.2. The van der Waals surface area contributed by atoms with Gasteiger partial charge in [-0.05, 0) is 65.1 Å². The number of halogens is 1. The molecule has 1 heterocycles. The number of piperidine rings is 1. The number of amides is 1. The van der Waals surface area contributed by atoms with Gasteiger partial charge in [0.25, 0.3) is 5.91 Å². The molecule has 0 bridgehead atoms. The van der Waals surface area contributed by atoms with E-state index in [1.54, 1.807) is 0 Å². The van der Waals surface area contributed by atoms with Crippen molar-refractivity contribution in [1.29, 1.82) is 0 Å². The molecule has 1 unspecified atom stereocenters. The fourth-order valence-corrected chi connectivity index (χ4v) is 4.43. The monoisotopic (exact) mass is 386 g/mol. The smallest absolute Gasteiger partial charge is 0.256 e. The van der Waals surface area contributed by atoms with E-state index in [0.29, 0.717) is 18.5 Å². The van der Waals surface area contributed by atoms with Crippen molar-refractivity contribution >= 4 is 34.0 Å². The molecule has 1 saturated heterocycles. The molecule has 1 aliphatic heterocycles. The lowest BCUT2D eigenvalue weighted by Crippen LogP contribution is -2.35. The summed E-state index contributed by atoms with van der Waals surface area (Å²) in [5.41, 5.74) is 4.67. The third-order valence-electron chi connectivity index (χ3n) is 5.84. The SMILES string of the molecule is O=C(Nc1ccc(CN2CCCC(F)C2)cc1)C1=Cc2cccc3cccc1c23. The van der Waals surface area contributed by atoms with Gasteiger partial charge in [0, 0.05) is 24.4 Å². The zero-order chi connectivity index (χ0) is 19.8. The van der Waals surface area contributed by atoms with Crippen LogP contribution in [0.1, 0.15) is 29.5 Å². The predicted molar refractivity (Wildman–Crippen MR) is 116 cm³/mol. The van der Waals surface area contributed by atoms with Crippen molar-refractivity contribution in [1.82, 2.24) is 4.90 Å². The fourth-order valence-electron chi connectivity index (χ4n) is 4.43. The largest absolute Gasteiger partial charge is 0.322 e. The Morgan fingerprint density at radius 2 is 1.86 bits per heavy atom. The zero-order valence-electron chi connectivity index (χ0n) is 16.2. The number of anilines is 1. The topological polar surface area (TPSA) is 32.3 Å². The first-order valence-corrected chi connectivity index (χ1v) is 10.2. The van der Waals surface area contributed by atoms with Gasteiger partial charge in [-0.25, -0.2) is 4.39 Å². The number of alkyl halides is 1. The molecule has 1 aliphatic carbocycles. The molecule has 0 radical (unpaired) electrons. The van der Waals surface area contributed by atoms with E-state index in [2.05, 4.69) is 22.3 Å². The van der Waals surface area contributed by atoms with Gasteiger partial charge in [-0.15, -0.1) is 0 Å². The quantitative estimate of drug-likeness (QED) is 0.663. The van der Waals surface area contributed by atoms with Crippen LogP contribution in [0.25, 0.3) is 22.4 Å². The molecule has 3 aromatic rings. The number of benzene rings is 3. The van der Waals surface area contributed by atoms with E-state index in [0.717, 1.165) is 52.7 Å². The predicted octanol–water partition coefficient (Wildman–Crippen LogP) is 5.27. The van der Waals surface area contributed by atoms with E-state index in [1.165, 1.54) is 0 Å². The highest BCUT2D eigenvalue weighted by molar-refractivity contribution is 6.34. The van der Waals surface area contributed by atoms with Crippen molar-refractivity contribution in [2.24, 2.45) is 0 Å². The summed E-state index contributed by atoms with van der Waals surface area (Å²) in [7, 11) is 0. The number of carbonyl (C=O) groups excluding carboxylic acids is 1. The number of rotatable bonds is 4. The molecule has 1 atom stereocenters. The van der Waals surface area contributed by atoms with Crippen LogP contribution in [0.15, 0.2) is 60.7 Å². The number of hydrogen-bond acceptors (Lipinski definition) is 2. The van der Waals surface area contributed by atoms with Gasteiger partial charge in [0.1, 0.15) is 6.17 Å². The maximum Gasteiger partial charge on any atom is 0.256 e. The van der Waals surface area contributed by atoms with Crippen LogP contribution in [0.3, 0.4) is 0 Å². The number of nitrogens with one attached hydrogen (secondary N) is 1. The summed E-state index contributed by atoms with van der Waals surface area (Å²) < 4.78 is 13.6. The average molecular weight is 386 g/mol. The fraction of sp³-hybridized carbons (Fsp3) is 0.240. The lowest BCUT2D eigenvalue weighted by Gasteiger charge is -2.28. The molecule has 1 amide bonds. The molecule has 3 aromatic carbocycles. The third-order valence-corrected chi connectivity index (χ3v) is 5.84. The Bertz CT molecular complexity index is 1100. The van der Waals surface area contributed by atoms with E-state index in [4.69, 9.17) is 0 Å². The molecule has 1 fully saturated rings. The standard InChI is InChI=1S/C25H23FN2O/c26-20-7-3-13-28(16-20)15-17-9-11-21(12-10-17)27-25(29)23-14-19-6-1-4-18-5-2-8-22(23)24(18)19/h1-2,4-6,8-12,14,20H,3,7,13,15-16H2,(H,27,29). The maximum atomic E-state index is 13.6. The Balaban J connectivity index is 1.29. The highest BCUT2D eigenvalue weighted by Gasteiger charge is 2.22. The summed E-state index contributed by atoms with van der Waals surface area (Å²) in [4.78, 5) is 15.1. The number of carbonyl (C=O) groups is 1. The number of nitrogens with zero attached hydrogens (tertiary/aromatic N) is 1. The molecular weight excluding hydrogens is 363 g/mol. The van der Waals surface area contributed by atoms with E-state index in [-0.39, 0.29) is 5.91 Å². The minimum atomic E-state index is -0.712. The minimum absolute atomic E-state index is 0.0993. The van der Waals surface area contributed by atoms with Gasteiger partial charge in [0.2, 0.25) is 0 Å². The molecule has 3 nitrogen and oxygen atoms in total. The van der Waals surface area contributed by atoms with Crippen molar-refractivity contribution < 1.29 is 9.18 Å². The first-order chi connectivity index (χ1) is 14.2. The molecule has 1 N–H and O–H groups in total. The van der Waals surface area contributed by atoms with Crippen LogP contribution in [0.2, 0.25) is 0 Å². The van der Waals surface area contributed by atoms with Crippen molar-refractivity contribution in [3.63, 3.8) is 0 Å². The first kappa shape index (κ1) is 18.1. The number of hydrogen-bond donors (Lipinski definition) is 1. The van der Waals surface area contributed by atoms with Gasteiger partial charge in [0.05, 0.1) is 0 Å². The minimum Gasteiger partial charge on any atom is -0.322 e. The van der Waals surface area contributed by atoms with Crippen LogP contribution >= 0.6 is 0 Å². The van der Waals surface area contributed by atoms with Crippen LogP contribution in [0.4, 0.5) is 10.1 Å². The summed E-state index contributed by atoms with van der Waals surface area (Å²) >= 11 is 0. The summed E-state index contributed by atoms with van der Waals surface area (Å²) in [6.45, 7) is 2.20. The normalized spacial score (nSPS) is 18.7. The van der Waals surface area contributed by atoms with E-state index >= 15 is 0 Å². The van der Waals surface area contributed by atoms with Gasteiger partial charge in [0.15, 0.2) is 0 Å². The van der Waals surface area contributed by atoms with Gasteiger partial charge in [-0.2, -0.15) is 0 Å². The van der Waals surface area contributed by atoms with Crippen molar-refractivity contribution in [2.45, 2.75) is 25.6 Å². The Morgan fingerprint density at radius 3 is 2.66 bits per heavy atom. The molecule has 2 aliphatic rings. The Hall–Kier alpha value is -2.98. The molecule has 29 heavy (non-hydrogen) atoms. The summed E-state index contributed by atoms with van der Waals surface area (Å²) in [6, 6.07) is 20.1. The zero-order valence-corrected chi connectivity index (χ0v) is 16.2. The Labute approximate surface area is 169 Å². The summed E-state index contributed by atoms with van der Waals surface area (Å²) in [6.07, 6.45) is 2.84. The van der Waals surface area contributed by atoms with Gasteiger partial charge >= 0.3 is 0 Å². The second-order valence-electron chi connectivity index (χ2n) is 7.93. The molecule has 146 valence electrons. The Kier molecular flexibility index (Phi) is 4.64. The Morgan fingerprint density at radius 1 is 1.07 bits per heavy atom. The van der Waals surface area contributed by atoms with Crippen LogP contribution < -0.4 is 5.32 Å². The lowest BCUT2D eigenvalue weighted by atomic mass is 10.0. The highest BCUT2D eigenvalue weighted by Crippen LogP contribution is 2.36. The lowest BCUT2D eigenvalue weighted by molar-refractivity contribution is -0.111. The van der Waals surface area contributed by atoms with Crippen LogP contribution in [0, 0.1) is 0 Å². The van der Waals surface area contributed by atoms with Gasteiger partial charge in [-0.1, -0.05) is 48.5 Å². The molecule has 0 spiro atoms. The molecule has 0 aromatic heterocycles. The maximum absolute atomic E-state index is 13.6. The highest BCUT2D eigenvalue weighted by atomic mass is 19.1. The van der Waals surface area contributed by atoms with Crippen molar-refractivity contribution in [3.05, 3.63) is 77.4 Å². The molecular formula is C25H23FN2O. The van der Waals surface area contributed by atoms with Crippen LogP contribution in [-0.4, -0.2) is 30.1 Å². The second-order valence-corrected chi connectivity index (χ2v) is 7.93. The molecule has 4 heteroatoms. The van der Waals surface area contributed by atoms with Crippen molar-refractivity contribution in [2.75, 3.05) is 18.4 Å². The third kappa shape index (κ3) is 3.56.